The van der Waals surface area contributed by atoms with Crippen LogP contribution in [-0.4, -0.2) is 17.8 Å². The van der Waals surface area contributed by atoms with Gasteiger partial charge in [0.1, 0.15) is 0 Å². The third-order valence-electron chi connectivity index (χ3n) is 1.57. The highest BCUT2D eigenvalue weighted by atomic mass is 79.9. The van der Waals surface area contributed by atoms with Crippen LogP contribution in [0.1, 0.15) is 10.4 Å². The van der Waals surface area contributed by atoms with Crippen molar-refractivity contribution in [3.63, 3.8) is 0 Å². The number of carbonyl (C=O) groups is 1. The van der Waals surface area contributed by atoms with Gasteiger partial charge in [0.25, 0.3) is 5.91 Å². The van der Waals surface area contributed by atoms with Crippen LogP contribution in [0.25, 0.3) is 0 Å². The fourth-order valence-electron chi connectivity index (χ4n) is 0.964. The van der Waals surface area contributed by atoms with Crippen LogP contribution in [0.3, 0.4) is 0 Å². The van der Waals surface area contributed by atoms with Crippen molar-refractivity contribution in [3.05, 3.63) is 33.8 Å². The molecule has 2 nitrogen and oxygen atoms in total. The third kappa shape index (κ3) is 2.87. The van der Waals surface area contributed by atoms with E-state index in [4.69, 9.17) is 23.2 Å². The molecule has 1 aromatic rings. The Morgan fingerprint density at radius 1 is 1.36 bits per heavy atom. The van der Waals surface area contributed by atoms with Gasteiger partial charge in [0, 0.05) is 11.9 Å². The van der Waals surface area contributed by atoms with E-state index in [0.717, 1.165) is 0 Å². The lowest BCUT2D eigenvalue weighted by molar-refractivity contribution is 0.0956. The van der Waals surface area contributed by atoms with Gasteiger partial charge in [-0.05, 0) is 12.1 Å². The zero-order valence-corrected chi connectivity index (χ0v) is 10.3. The molecule has 1 amide bonds. The van der Waals surface area contributed by atoms with Crippen molar-refractivity contribution in [3.8, 4) is 0 Å². The zero-order chi connectivity index (χ0) is 10.6. The number of alkyl halides is 1. The highest BCUT2D eigenvalue weighted by Gasteiger charge is 2.13. The lowest BCUT2D eigenvalue weighted by Crippen LogP contribution is -2.25. The van der Waals surface area contributed by atoms with Crippen LogP contribution in [0.4, 0.5) is 0 Å². The Kier molecular flexibility index (Phi) is 4.72. The second kappa shape index (κ2) is 5.59. The van der Waals surface area contributed by atoms with Crippen molar-refractivity contribution >= 4 is 45.0 Å². The average Bonchev–Trinajstić information content (AvgIpc) is 2.14. The van der Waals surface area contributed by atoms with Crippen molar-refractivity contribution in [2.24, 2.45) is 0 Å². The molecule has 0 spiro atoms. The number of halogens is 3. The Morgan fingerprint density at radius 2 is 1.93 bits per heavy atom. The van der Waals surface area contributed by atoms with Crippen LogP contribution >= 0.6 is 39.1 Å². The molecule has 0 radical (unpaired) electrons. The number of carbonyl (C=O) groups excluding carboxylic acids is 1. The summed E-state index contributed by atoms with van der Waals surface area (Å²) >= 11 is 14.9. The van der Waals surface area contributed by atoms with E-state index >= 15 is 0 Å². The Balaban J connectivity index is 2.89. The smallest absolute Gasteiger partial charge is 0.254 e. The van der Waals surface area contributed by atoms with Gasteiger partial charge in [-0.1, -0.05) is 45.2 Å². The standard InChI is InChI=1S/C9H8BrCl2NO/c10-4-5-13-9(14)8-6(11)2-1-3-7(8)12/h1-3H,4-5H2,(H,13,14). The van der Waals surface area contributed by atoms with Gasteiger partial charge in [-0.2, -0.15) is 0 Å². The Morgan fingerprint density at radius 3 is 2.43 bits per heavy atom. The molecule has 0 unspecified atom stereocenters. The number of hydrogen-bond acceptors (Lipinski definition) is 1. The molecule has 0 aliphatic heterocycles. The van der Waals surface area contributed by atoms with E-state index in [1.165, 1.54) is 0 Å². The molecule has 76 valence electrons. The second-order valence-corrected chi connectivity index (χ2v) is 4.15. The molecule has 0 saturated carbocycles. The van der Waals surface area contributed by atoms with Crippen molar-refractivity contribution in [2.45, 2.75) is 0 Å². The Hall–Kier alpha value is -0.250. The van der Waals surface area contributed by atoms with Crippen LogP contribution in [0, 0.1) is 0 Å². The highest BCUT2D eigenvalue weighted by Crippen LogP contribution is 2.23. The number of amides is 1. The number of hydrogen-bond donors (Lipinski definition) is 1. The molecule has 0 heterocycles. The van der Waals surface area contributed by atoms with E-state index in [1.54, 1.807) is 18.2 Å². The summed E-state index contributed by atoms with van der Waals surface area (Å²) in [6.45, 7) is 0.542. The van der Waals surface area contributed by atoms with E-state index in [1.807, 2.05) is 0 Å². The summed E-state index contributed by atoms with van der Waals surface area (Å²) in [4.78, 5) is 11.5. The molecule has 0 fully saturated rings. The topological polar surface area (TPSA) is 29.1 Å². The first-order valence-corrected chi connectivity index (χ1v) is 5.82. The molecule has 0 bridgehead atoms. The molecule has 1 aromatic carbocycles. The first-order valence-electron chi connectivity index (χ1n) is 3.95. The van der Waals surface area contributed by atoms with E-state index < -0.39 is 0 Å². The summed E-state index contributed by atoms with van der Waals surface area (Å²) < 4.78 is 0. The normalized spacial score (nSPS) is 9.93. The molecule has 0 atom stereocenters. The van der Waals surface area contributed by atoms with Crippen LogP contribution in [0.5, 0.6) is 0 Å². The molecule has 0 saturated heterocycles. The minimum atomic E-state index is -0.250. The van der Waals surface area contributed by atoms with Crippen LogP contribution in [-0.2, 0) is 0 Å². The third-order valence-corrected chi connectivity index (χ3v) is 2.60. The minimum absolute atomic E-state index is 0.250. The van der Waals surface area contributed by atoms with Crippen LogP contribution in [0.2, 0.25) is 10.0 Å². The van der Waals surface area contributed by atoms with E-state index in [-0.39, 0.29) is 5.91 Å². The van der Waals surface area contributed by atoms with E-state index in [2.05, 4.69) is 21.2 Å². The van der Waals surface area contributed by atoms with Crippen molar-refractivity contribution in [1.82, 2.24) is 5.32 Å². The van der Waals surface area contributed by atoms with Gasteiger partial charge < -0.3 is 5.32 Å². The Labute approximate surface area is 101 Å². The lowest BCUT2D eigenvalue weighted by atomic mass is 10.2. The van der Waals surface area contributed by atoms with Gasteiger partial charge in [0.05, 0.1) is 15.6 Å². The van der Waals surface area contributed by atoms with Gasteiger partial charge >= 0.3 is 0 Å². The van der Waals surface area contributed by atoms with Gasteiger partial charge in [-0.3, -0.25) is 4.79 Å². The second-order valence-electron chi connectivity index (χ2n) is 2.54. The summed E-state index contributed by atoms with van der Waals surface area (Å²) in [6, 6.07) is 4.97. The molecule has 0 aliphatic carbocycles. The quantitative estimate of drug-likeness (QED) is 0.853. The predicted molar refractivity (Wildman–Crippen MR) is 62.6 cm³/mol. The van der Waals surface area contributed by atoms with Gasteiger partial charge in [-0.15, -0.1) is 0 Å². The molecule has 0 aliphatic rings. The number of rotatable bonds is 3. The lowest BCUT2D eigenvalue weighted by Gasteiger charge is -2.06. The molecule has 1 rings (SSSR count). The summed E-state index contributed by atoms with van der Waals surface area (Å²) in [5.41, 5.74) is 0.330. The predicted octanol–water partition coefficient (Wildman–Crippen LogP) is 3.12. The summed E-state index contributed by atoms with van der Waals surface area (Å²) in [5.74, 6) is -0.250. The monoisotopic (exact) mass is 295 g/mol. The van der Waals surface area contributed by atoms with Crippen LogP contribution < -0.4 is 5.32 Å². The van der Waals surface area contributed by atoms with E-state index in [9.17, 15) is 4.79 Å². The molecule has 5 heteroatoms. The molecule has 0 aromatic heterocycles. The van der Waals surface area contributed by atoms with Gasteiger partial charge in [0.15, 0.2) is 0 Å². The highest BCUT2D eigenvalue weighted by molar-refractivity contribution is 9.09. The van der Waals surface area contributed by atoms with Gasteiger partial charge in [-0.25, -0.2) is 0 Å². The SMILES string of the molecule is O=C(NCCBr)c1c(Cl)cccc1Cl. The first kappa shape index (κ1) is 11.8. The van der Waals surface area contributed by atoms with E-state index in [0.29, 0.717) is 27.5 Å². The van der Waals surface area contributed by atoms with Crippen molar-refractivity contribution < 1.29 is 4.79 Å². The van der Waals surface area contributed by atoms with Crippen LogP contribution in [0.15, 0.2) is 18.2 Å². The summed E-state index contributed by atoms with van der Waals surface area (Å²) in [7, 11) is 0. The molecule has 14 heavy (non-hydrogen) atoms. The van der Waals surface area contributed by atoms with Gasteiger partial charge in [0.2, 0.25) is 0 Å². The fraction of sp³-hybridized carbons (Fsp3) is 0.222. The Bertz CT molecular complexity index is 323. The largest absolute Gasteiger partial charge is 0.351 e. The maximum atomic E-state index is 11.5. The number of benzene rings is 1. The maximum Gasteiger partial charge on any atom is 0.254 e. The number of nitrogens with one attached hydrogen (secondary N) is 1. The average molecular weight is 297 g/mol. The molecular formula is C9H8BrCl2NO. The summed E-state index contributed by atoms with van der Waals surface area (Å²) in [5, 5.41) is 4.10. The van der Waals surface area contributed by atoms with Crippen molar-refractivity contribution in [2.75, 3.05) is 11.9 Å². The molecular weight excluding hydrogens is 289 g/mol. The molecule has 1 N–H and O–H groups in total. The summed E-state index contributed by atoms with van der Waals surface area (Å²) in [6.07, 6.45) is 0. The fourth-order valence-corrected chi connectivity index (χ4v) is 1.73. The first-order chi connectivity index (χ1) is 6.66. The maximum absolute atomic E-state index is 11.5. The van der Waals surface area contributed by atoms with Crippen molar-refractivity contribution in [1.29, 1.82) is 0 Å². The minimum Gasteiger partial charge on any atom is -0.351 e. The zero-order valence-electron chi connectivity index (χ0n) is 7.19.